The number of benzene rings is 1. The van der Waals surface area contributed by atoms with Gasteiger partial charge in [0.25, 0.3) is 0 Å². The highest BCUT2D eigenvalue weighted by molar-refractivity contribution is 5.67. The van der Waals surface area contributed by atoms with Gasteiger partial charge in [0, 0.05) is 16.9 Å². The van der Waals surface area contributed by atoms with Gasteiger partial charge in [-0.15, -0.1) is 0 Å². The molecule has 0 heterocycles. The molecule has 0 bridgehead atoms. The fourth-order valence-corrected chi connectivity index (χ4v) is 1.08. The molecule has 0 aliphatic carbocycles. The molecule has 4 heteroatoms. The van der Waals surface area contributed by atoms with E-state index in [4.69, 9.17) is 22.0 Å². The zero-order chi connectivity index (χ0) is 9.84. The molecular formula is C9H8N4. The van der Waals surface area contributed by atoms with E-state index in [2.05, 4.69) is 0 Å². The summed E-state index contributed by atoms with van der Waals surface area (Å²) in [5, 5.41) is 17.3. The Balaban J connectivity index is 3.39. The Hall–Kier alpha value is -2.20. The third kappa shape index (κ3) is 1.52. The normalized spacial score (nSPS) is 8.77. The van der Waals surface area contributed by atoms with Crippen molar-refractivity contribution in [3.8, 4) is 12.1 Å². The molecule has 1 rings (SSSR count). The van der Waals surface area contributed by atoms with Crippen molar-refractivity contribution < 1.29 is 0 Å². The Morgan fingerprint density at radius 3 is 2.31 bits per heavy atom. The first kappa shape index (κ1) is 8.89. The summed E-state index contributed by atoms with van der Waals surface area (Å²) in [7, 11) is 0. The van der Waals surface area contributed by atoms with E-state index in [0.29, 0.717) is 22.5 Å². The maximum absolute atomic E-state index is 8.76. The van der Waals surface area contributed by atoms with Crippen molar-refractivity contribution in [3.05, 3.63) is 23.3 Å². The predicted octanol–water partition coefficient (Wildman–Crippen LogP) is 0.789. The third-order valence-corrected chi connectivity index (χ3v) is 1.75. The third-order valence-electron chi connectivity index (χ3n) is 1.75. The SMILES string of the molecule is N#CCc1c(N)ccc(N)c1C#N. The van der Waals surface area contributed by atoms with Crippen LogP contribution in [0.3, 0.4) is 0 Å². The van der Waals surface area contributed by atoms with Crippen LogP contribution >= 0.6 is 0 Å². The summed E-state index contributed by atoms with van der Waals surface area (Å²) in [5.41, 5.74) is 12.8. The van der Waals surface area contributed by atoms with E-state index in [0.717, 1.165) is 0 Å². The zero-order valence-electron chi connectivity index (χ0n) is 6.91. The number of rotatable bonds is 1. The molecule has 1 aromatic rings. The number of anilines is 2. The molecule has 0 aliphatic rings. The summed E-state index contributed by atoms with van der Waals surface area (Å²) in [6, 6.07) is 7.04. The van der Waals surface area contributed by atoms with Crippen molar-refractivity contribution in [1.29, 1.82) is 10.5 Å². The first-order valence-corrected chi connectivity index (χ1v) is 3.64. The lowest BCUT2D eigenvalue weighted by atomic mass is 10.0. The number of nitrogens with zero attached hydrogens (tertiary/aromatic N) is 2. The van der Waals surface area contributed by atoms with Crippen LogP contribution in [0.25, 0.3) is 0 Å². The van der Waals surface area contributed by atoms with Crippen LogP contribution in [-0.4, -0.2) is 0 Å². The summed E-state index contributed by atoms with van der Waals surface area (Å²) in [5.74, 6) is 0. The van der Waals surface area contributed by atoms with Crippen LogP contribution in [0, 0.1) is 22.7 Å². The largest absolute Gasteiger partial charge is 0.398 e. The van der Waals surface area contributed by atoms with E-state index in [1.54, 1.807) is 12.1 Å². The summed E-state index contributed by atoms with van der Waals surface area (Å²) >= 11 is 0. The molecule has 0 spiro atoms. The van der Waals surface area contributed by atoms with E-state index in [1.807, 2.05) is 12.1 Å². The van der Waals surface area contributed by atoms with Gasteiger partial charge in [-0.1, -0.05) is 0 Å². The lowest BCUT2D eigenvalue weighted by Crippen LogP contribution is -2.01. The second-order valence-electron chi connectivity index (χ2n) is 2.54. The van der Waals surface area contributed by atoms with E-state index in [9.17, 15) is 0 Å². The van der Waals surface area contributed by atoms with Gasteiger partial charge in [0.05, 0.1) is 18.1 Å². The summed E-state index contributed by atoms with van der Waals surface area (Å²) < 4.78 is 0. The van der Waals surface area contributed by atoms with Crippen LogP contribution < -0.4 is 11.5 Å². The number of hydrogen-bond acceptors (Lipinski definition) is 4. The quantitative estimate of drug-likeness (QED) is 0.611. The maximum atomic E-state index is 8.76. The van der Waals surface area contributed by atoms with Crippen LogP contribution in [0.1, 0.15) is 11.1 Å². The molecular weight excluding hydrogens is 164 g/mol. The molecule has 0 unspecified atom stereocenters. The molecule has 0 amide bonds. The number of nitrogens with two attached hydrogens (primary N) is 2. The summed E-state index contributed by atoms with van der Waals surface area (Å²) in [6.45, 7) is 0. The minimum atomic E-state index is 0.111. The monoisotopic (exact) mass is 172 g/mol. The highest BCUT2D eigenvalue weighted by Gasteiger charge is 2.08. The van der Waals surface area contributed by atoms with Crippen molar-refractivity contribution >= 4 is 11.4 Å². The summed E-state index contributed by atoms with van der Waals surface area (Å²) in [4.78, 5) is 0. The number of nitriles is 2. The minimum absolute atomic E-state index is 0.111. The van der Waals surface area contributed by atoms with E-state index < -0.39 is 0 Å². The van der Waals surface area contributed by atoms with Crippen LogP contribution in [0.15, 0.2) is 12.1 Å². The second kappa shape index (κ2) is 3.46. The highest BCUT2D eigenvalue weighted by atomic mass is 14.6. The van der Waals surface area contributed by atoms with Crippen LogP contribution in [0.2, 0.25) is 0 Å². The topological polar surface area (TPSA) is 99.6 Å². The van der Waals surface area contributed by atoms with Gasteiger partial charge in [-0.2, -0.15) is 10.5 Å². The molecule has 0 radical (unpaired) electrons. The molecule has 1 aromatic carbocycles. The molecule has 0 fully saturated rings. The standard InChI is InChI=1S/C9H8N4/c10-4-3-6-7(5-11)9(13)2-1-8(6)12/h1-2H,3,12-13H2. The average molecular weight is 172 g/mol. The van der Waals surface area contributed by atoms with Gasteiger partial charge in [0.1, 0.15) is 6.07 Å². The molecule has 0 saturated carbocycles. The summed E-state index contributed by atoms with van der Waals surface area (Å²) in [6.07, 6.45) is 0.111. The van der Waals surface area contributed by atoms with E-state index in [-0.39, 0.29) is 6.42 Å². The van der Waals surface area contributed by atoms with Crippen molar-refractivity contribution in [2.24, 2.45) is 0 Å². The fraction of sp³-hybridized carbons (Fsp3) is 0.111. The smallest absolute Gasteiger partial charge is 0.102 e. The van der Waals surface area contributed by atoms with Gasteiger partial charge >= 0.3 is 0 Å². The lowest BCUT2D eigenvalue weighted by molar-refractivity contribution is 1.25. The van der Waals surface area contributed by atoms with E-state index >= 15 is 0 Å². The molecule has 0 aromatic heterocycles. The molecule has 64 valence electrons. The number of nitrogen functional groups attached to an aromatic ring is 2. The Morgan fingerprint density at radius 2 is 1.77 bits per heavy atom. The second-order valence-corrected chi connectivity index (χ2v) is 2.54. The predicted molar refractivity (Wildman–Crippen MR) is 49.3 cm³/mol. The van der Waals surface area contributed by atoms with Crippen LogP contribution in [0.4, 0.5) is 11.4 Å². The molecule has 13 heavy (non-hydrogen) atoms. The van der Waals surface area contributed by atoms with E-state index in [1.165, 1.54) is 0 Å². The Labute approximate surface area is 76.0 Å². The first-order chi connectivity index (χ1) is 6.20. The van der Waals surface area contributed by atoms with Crippen molar-refractivity contribution in [3.63, 3.8) is 0 Å². The van der Waals surface area contributed by atoms with Crippen molar-refractivity contribution in [2.45, 2.75) is 6.42 Å². The number of hydrogen-bond donors (Lipinski definition) is 2. The van der Waals surface area contributed by atoms with Gasteiger partial charge in [-0.25, -0.2) is 0 Å². The molecule has 0 saturated heterocycles. The van der Waals surface area contributed by atoms with Crippen molar-refractivity contribution in [1.82, 2.24) is 0 Å². The van der Waals surface area contributed by atoms with Crippen LogP contribution in [-0.2, 0) is 6.42 Å². The molecule has 0 atom stereocenters. The Morgan fingerprint density at radius 1 is 1.15 bits per heavy atom. The fourth-order valence-electron chi connectivity index (χ4n) is 1.08. The van der Waals surface area contributed by atoms with Crippen LogP contribution in [0.5, 0.6) is 0 Å². The Kier molecular flexibility index (Phi) is 2.37. The molecule has 4 N–H and O–H groups in total. The zero-order valence-corrected chi connectivity index (χ0v) is 6.91. The lowest BCUT2D eigenvalue weighted by Gasteiger charge is -2.05. The average Bonchev–Trinajstić information content (AvgIpc) is 2.12. The first-order valence-electron chi connectivity index (χ1n) is 3.64. The molecule has 4 nitrogen and oxygen atoms in total. The van der Waals surface area contributed by atoms with Crippen molar-refractivity contribution in [2.75, 3.05) is 11.5 Å². The molecule has 0 aliphatic heterocycles. The maximum Gasteiger partial charge on any atom is 0.102 e. The van der Waals surface area contributed by atoms with Gasteiger partial charge in [-0.05, 0) is 12.1 Å². The van der Waals surface area contributed by atoms with Gasteiger partial charge < -0.3 is 11.5 Å². The van der Waals surface area contributed by atoms with Gasteiger partial charge in [0.2, 0.25) is 0 Å². The highest BCUT2D eigenvalue weighted by Crippen LogP contribution is 2.22. The van der Waals surface area contributed by atoms with Gasteiger partial charge in [-0.3, -0.25) is 0 Å². The van der Waals surface area contributed by atoms with Gasteiger partial charge in [0.15, 0.2) is 0 Å². The minimum Gasteiger partial charge on any atom is -0.398 e. The Bertz CT molecular complexity index is 409.